The van der Waals surface area contributed by atoms with Crippen molar-refractivity contribution in [2.24, 2.45) is 0 Å². The highest BCUT2D eigenvalue weighted by atomic mass is 19.3. The predicted octanol–water partition coefficient (Wildman–Crippen LogP) is 2.43. The molecule has 90 valence electrons. The number of carboxylic acid groups (broad SMARTS) is 1. The number of aliphatic carboxylic acids is 1. The van der Waals surface area contributed by atoms with E-state index in [0.29, 0.717) is 6.42 Å². The summed E-state index contributed by atoms with van der Waals surface area (Å²) in [5.74, 6) is -6.28. The Bertz CT molecular complexity index is 195. The molecule has 3 nitrogen and oxygen atoms in total. The van der Waals surface area contributed by atoms with E-state index in [1.54, 1.807) is 0 Å². The van der Waals surface area contributed by atoms with Gasteiger partial charge in [0.15, 0.2) is 0 Å². The van der Waals surface area contributed by atoms with Crippen LogP contribution in [-0.4, -0.2) is 28.2 Å². The molecule has 1 unspecified atom stereocenters. The van der Waals surface area contributed by atoms with E-state index in [1.165, 1.54) is 0 Å². The third-order valence-corrected chi connectivity index (χ3v) is 2.28. The third kappa shape index (κ3) is 5.06. The quantitative estimate of drug-likeness (QED) is 0.622. The summed E-state index contributed by atoms with van der Waals surface area (Å²) in [7, 11) is 0. The number of rotatable bonds is 8. The maximum Gasteiger partial charge on any atom is 0.377 e. The zero-order valence-corrected chi connectivity index (χ0v) is 8.88. The van der Waals surface area contributed by atoms with Crippen molar-refractivity contribution in [1.82, 2.24) is 0 Å². The largest absolute Gasteiger partial charge is 0.477 e. The van der Waals surface area contributed by atoms with Crippen molar-refractivity contribution in [3.8, 4) is 0 Å². The first kappa shape index (κ1) is 14.3. The van der Waals surface area contributed by atoms with Gasteiger partial charge in [-0.2, -0.15) is 8.78 Å². The van der Waals surface area contributed by atoms with Gasteiger partial charge in [0.05, 0.1) is 0 Å². The molecule has 0 amide bonds. The van der Waals surface area contributed by atoms with Crippen LogP contribution in [0.1, 0.15) is 45.4 Å². The number of carbonyl (C=O) groups is 1. The molecule has 15 heavy (non-hydrogen) atoms. The molecule has 0 heterocycles. The molecule has 0 fully saturated rings. The topological polar surface area (TPSA) is 57.5 Å². The number of unbranched alkanes of at least 4 members (excludes halogenated alkanes) is 4. The first-order chi connectivity index (χ1) is 6.92. The van der Waals surface area contributed by atoms with Crippen molar-refractivity contribution in [3.05, 3.63) is 0 Å². The minimum atomic E-state index is -4.02. The van der Waals surface area contributed by atoms with Gasteiger partial charge in [0.1, 0.15) is 6.10 Å². The van der Waals surface area contributed by atoms with Crippen molar-refractivity contribution in [2.45, 2.75) is 57.5 Å². The molecular formula is C10H18F2O3. The van der Waals surface area contributed by atoms with E-state index in [0.717, 1.165) is 25.7 Å². The molecule has 0 aromatic carbocycles. The number of aliphatic hydroxyl groups is 1. The minimum absolute atomic E-state index is 0.164. The van der Waals surface area contributed by atoms with Crippen molar-refractivity contribution in [3.63, 3.8) is 0 Å². The Morgan fingerprint density at radius 1 is 1.27 bits per heavy atom. The monoisotopic (exact) mass is 224 g/mol. The maximum absolute atomic E-state index is 12.7. The zero-order valence-electron chi connectivity index (χ0n) is 8.88. The Labute approximate surface area is 88.1 Å². The second-order valence-electron chi connectivity index (χ2n) is 3.65. The summed E-state index contributed by atoms with van der Waals surface area (Å²) in [5.41, 5.74) is 0. The van der Waals surface area contributed by atoms with Gasteiger partial charge in [-0.05, 0) is 6.42 Å². The van der Waals surface area contributed by atoms with Gasteiger partial charge in [-0.1, -0.05) is 39.0 Å². The van der Waals surface area contributed by atoms with Crippen LogP contribution in [0.25, 0.3) is 0 Å². The fourth-order valence-electron chi connectivity index (χ4n) is 1.27. The number of carboxylic acids is 1. The van der Waals surface area contributed by atoms with Crippen molar-refractivity contribution in [1.29, 1.82) is 0 Å². The van der Waals surface area contributed by atoms with Crippen LogP contribution in [-0.2, 0) is 4.79 Å². The summed E-state index contributed by atoms with van der Waals surface area (Å²) in [6.45, 7) is 2.04. The Kier molecular flexibility index (Phi) is 6.40. The number of hydrogen-bond acceptors (Lipinski definition) is 2. The lowest BCUT2D eigenvalue weighted by Gasteiger charge is -2.17. The summed E-state index contributed by atoms with van der Waals surface area (Å²) in [4.78, 5) is 10.1. The summed E-state index contributed by atoms with van der Waals surface area (Å²) in [6.07, 6.45) is 1.96. The van der Waals surface area contributed by atoms with Crippen LogP contribution < -0.4 is 0 Å². The average Bonchev–Trinajstić information content (AvgIpc) is 2.16. The van der Waals surface area contributed by atoms with Gasteiger partial charge in [-0.15, -0.1) is 0 Å². The van der Waals surface area contributed by atoms with Gasteiger partial charge < -0.3 is 10.2 Å². The molecule has 0 aliphatic heterocycles. The second-order valence-corrected chi connectivity index (χ2v) is 3.65. The van der Waals surface area contributed by atoms with Gasteiger partial charge in [0.25, 0.3) is 0 Å². The SMILES string of the molecule is CCCCCCCC(O)C(F)(F)C(=O)O. The van der Waals surface area contributed by atoms with E-state index in [1.807, 2.05) is 6.92 Å². The van der Waals surface area contributed by atoms with Crippen LogP contribution in [0, 0.1) is 0 Å². The second kappa shape index (κ2) is 6.71. The Hall–Kier alpha value is -0.710. The highest BCUT2D eigenvalue weighted by Crippen LogP contribution is 2.23. The Morgan fingerprint density at radius 3 is 2.27 bits per heavy atom. The van der Waals surface area contributed by atoms with Gasteiger partial charge in [0.2, 0.25) is 0 Å². The summed E-state index contributed by atoms with van der Waals surface area (Å²) in [6, 6.07) is 0. The molecule has 0 aliphatic rings. The van der Waals surface area contributed by atoms with E-state index in [9.17, 15) is 13.6 Å². The standard InChI is InChI=1S/C10H18F2O3/c1-2-3-4-5-6-7-8(13)10(11,12)9(14)15/h8,13H,2-7H2,1H3,(H,14,15). The van der Waals surface area contributed by atoms with Crippen molar-refractivity contribution >= 4 is 5.97 Å². The van der Waals surface area contributed by atoms with E-state index < -0.39 is 18.0 Å². The van der Waals surface area contributed by atoms with E-state index in [-0.39, 0.29) is 6.42 Å². The summed E-state index contributed by atoms with van der Waals surface area (Å²) >= 11 is 0. The summed E-state index contributed by atoms with van der Waals surface area (Å²) in [5, 5.41) is 17.1. The molecule has 1 atom stereocenters. The van der Waals surface area contributed by atoms with E-state index in [4.69, 9.17) is 10.2 Å². The molecule has 0 bridgehead atoms. The molecular weight excluding hydrogens is 206 g/mol. The first-order valence-corrected chi connectivity index (χ1v) is 5.22. The molecule has 0 aliphatic carbocycles. The summed E-state index contributed by atoms with van der Waals surface area (Å²) < 4.78 is 25.3. The van der Waals surface area contributed by atoms with Crippen LogP contribution in [0.3, 0.4) is 0 Å². The van der Waals surface area contributed by atoms with Crippen LogP contribution in [0.15, 0.2) is 0 Å². The number of hydrogen-bond donors (Lipinski definition) is 2. The normalized spacial score (nSPS) is 13.9. The van der Waals surface area contributed by atoms with E-state index in [2.05, 4.69) is 0 Å². The molecule has 0 spiro atoms. The van der Waals surface area contributed by atoms with Crippen LogP contribution in [0.5, 0.6) is 0 Å². The smallest absolute Gasteiger partial charge is 0.377 e. The molecule has 0 radical (unpaired) electrons. The molecule has 2 N–H and O–H groups in total. The Balaban J connectivity index is 3.73. The molecule has 0 saturated heterocycles. The minimum Gasteiger partial charge on any atom is -0.477 e. The molecule has 5 heteroatoms. The third-order valence-electron chi connectivity index (χ3n) is 2.28. The zero-order chi connectivity index (χ0) is 11.9. The molecule has 0 rings (SSSR count). The fourth-order valence-corrected chi connectivity index (χ4v) is 1.27. The number of halogens is 2. The molecule has 0 saturated carbocycles. The predicted molar refractivity (Wildman–Crippen MR) is 52.0 cm³/mol. The van der Waals surface area contributed by atoms with E-state index >= 15 is 0 Å². The van der Waals surface area contributed by atoms with Crippen molar-refractivity contribution < 1.29 is 23.8 Å². The van der Waals surface area contributed by atoms with Crippen LogP contribution >= 0.6 is 0 Å². The number of aliphatic hydroxyl groups excluding tert-OH is 1. The van der Waals surface area contributed by atoms with Crippen LogP contribution in [0.4, 0.5) is 8.78 Å². The highest BCUT2D eigenvalue weighted by molar-refractivity contribution is 5.76. The van der Waals surface area contributed by atoms with Gasteiger partial charge in [-0.3, -0.25) is 0 Å². The van der Waals surface area contributed by atoms with Crippen LogP contribution in [0.2, 0.25) is 0 Å². The number of alkyl halides is 2. The Morgan fingerprint density at radius 2 is 1.80 bits per heavy atom. The molecule has 0 aromatic heterocycles. The molecule has 0 aromatic rings. The van der Waals surface area contributed by atoms with Gasteiger partial charge in [-0.25, -0.2) is 4.79 Å². The first-order valence-electron chi connectivity index (χ1n) is 5.22. The average molecular weight is 224 g/mol. The van der Waals surface area contributed by atoms with Gasteiger partial charge >= 0.3 is 11.9 Å². The highest BCUT2D eigenvalue weighted by Gasteiger charge is 2.46. The lowest BCUT2D eigenvalue weighted by molar-refractivity contribution is -0.182. The van der Waals surface area contributed by atoms with Gasteiger partial charge in [0, 0.05) is 0 Å². The lowest BCUT2D eigenvalue weighted by atomic mass is 10.0. The van der Waals surface area contributed by atoms with Crippen molar-refractivity contribution in [2.75, 3.05) is 0 Å². The maximum atomic E-state index is 12.7. The lowest BCUT2D eigenvalue weighted by Crippen LogP contribution is -2.41. The fraction of sp³-hybridized carbons (Fsp3) is 0.900.